The van der Waals surface area contributed by atoms with E-state index in [4.69, 9.17) is 27.1 Å². The molecule has 0 bridgehead atoms. The average Bonchev–Trinajstić information content (AvgIpc) is 3.02. The summed E-state index contributed by atoms with van der Waals surface area (Å²) in [5.74, 6) is 1.02. The molecular formula is C19H22ClN7O2. The first-order valence-electron chi connectivity index (χ1n) is 9.41. The van der Waals surface area contributed by atoms with Crippen LogP contribution in [0.25, 0.3) is 22.3 Å². The van der Waals surface area contributed by atoms with E-state index in [1.807, 2.05) is 29.2 Å². The zero-order valence-corrected chi connectivity index (χ0v) is 17.1. The predicted octanol–water partition coefficient (Wildman–Crippen LogP) is 2.54. The van der Waals surface area contributed by atoms with Crippen molar-refractivity contribution >= 4 is 40.5 Å². The van der Waals surface area contributed by atoms with Gasteiger partial charge in [0.25, 0.3) is 0 Å². The van der Waals surface area contributed by atoms with Crippen molar-refractivity contribution in [2.75, 3.05) is 43.4 Å². The van der Waals surface area contributed by atoms with Crippen LogP contribution >= 0.6 is 11.6 Å². The van der Waals surface area contributed by atoms with E-state index in [0.717, 1.165) is 5.56 Å². The number of hydrogen-bond acceptors (Lipinski definition) is 7. The number of fused-ring (bicyclic) bond motifs is 1. The number of aryl methyl sites for hydroxylation is 1. The Bertz CT molecular complexity index is 1060. The number of carbonyl (C=O) groups excluding carboxylic acids is 1. The number of piperazine rings is 1. The third-order valence-corrected chi connectivity index (χ3v) is 5.27. The van der Waals surface area contributed by atoms with Gasteiger partial charge in [0.1, 0.15) is 5.82 Å². The lowest BCUT2D eigenvalue weighted by molar-refractivity contribution is 0.105. The van der Waals surface area contributed by atoms with Gasteiger partial charge in [-0.1, -0.05) is 29.8 Å². The average molecular weight is 416 g/mol. The Morgan fingerprint density at radius 3 is 2.62 bits per heavy atom. The van der Waals surface area contributed by atoms with Crippen LogP contribution < -0.4 is 10.6 Å². The van der Waals surface area contributed by atoms with Gasteiger partial charge in [0, 0.05) is 43.8 Å². The largest absolute Gasteiger partial charge is 0.450 e. The van der Waals surface area contributed by atoms with Crippen molar-refractivity contribution in [3.63, 3.8) is 0 Å². The molecule has 1 fully saturated rings. The van der Waals surface area contributed by atoms with Crippen molar-refractivity contribution in [3.8, 4) is 11.3 Å². The van der Waals surface area contributed by atoms with Gasteiger partial charge in [0.05, 0.1) is 17.7 Å². The van der Waals surface area contributed by atoms with Crippen molar-refractivity contribution in [3.05, 3.63) is 29.3 Å². The van der Waals surface area contributed by atoms with Crippen LogP contribution in [0.4, 0.5) is 16.6 Å². The first kappa shape index (κ1) is 19.3. The molecule has 0 saturated carbocycles. The highest BCUT2D eigenvalue weighted by Crippen LogP contribution is 2.35. The molecule has 1 amide bonds. The summed E-state index contributed by atoms with van der Waals surface area (Å²) in [6.45, 7) is 4.41. The van der Waals surface area contributed by atoms with E-state index in [1.165, 1.54) is 0 Å². The molecule has 0 radical (unpaired) electrons. The number of rotatable bonds is 3. The molecule has 2 aromatic heterocycles. The summed E-state index contributed by atoms with van der Waals surface area (Å²) in [7, 11) is 1.77. The van der Waals surface area contributed by atoms with E-state index in [1.54, 1.807) is 23.6 Å². The van der Waals surface area contributed by atoms with Crippen LogP contribution in [-0.4, -0.2) is 63.5 Å². The van der Waals surface area contributed by atoms with Crippen molar-refractivity contribution < 1.29 is 9.53 Å². The van der Waals surface area contributed by atoms with Gasteiger partial charge in [-0.15, -0.1) is 0 Å². The number of nitrogen functional groups attached to an aromatic ring is 1. The summed E-state index contributed by atoms with van der Waals surface area (Å²) in [6.07, 6.45) is -0.294. The van der Waals surface area contributed by atoms with Crippen LogP contribution in [0.1, 0.15) is 6.92 Å². The molecule has 1 aliphatic heterocycles. The van der Waals surface area contributed by atoms with Gasteiger partial charge in [0.15, 0.2) is 5.65 Å². The summed E-state index contributed by atoms with van der Waals surface area (Å²) in [6, 6.07) is 7.49. The molecule has 152 valence electrons. The number of aromatic nitrogens is 4. The molecule has 10 heteroatoms. The van der Waals surface area contributed by atoms with E-state index in [2.05, 4.69) is 10.1 Å². The van der Waals surface area contributed by atoms with E-state index in [9.17, 15) is 4.79 Å². The van der Waals surface area contributed by atoms with Crippen LogP contribution in [0.15, 0.2) is 24.3 Å². The number of carbonyl (C=O) groups is 1. The van der Waals surface area contributed by atoms with Crippen molar-refractivity contribution in [1.82, 2.24) is 24.6 Å². The lowest BCUT2D eigenvalue weighted by atomic mass is 10.1. The topological polar surface area (TPSA) is 102 Å². The lowest BCUT2D eigenvalue weighted by Gasteiger charge is -2.34. The van der Waals surface area contributed by atoms with Crippen LogP contribution in [0.3, 0.4) is 0 Å². The highest BCUT2D eigenvalue weighted by Gasteiger charge is 2.26. The quantitative estimate of drug-likeness (QED) is 0.701. The first-order chi connectivity index (χ1) is 14.0. The molecule has 1 aromatic carbocycles. The molecular weight excluding hydrogens is 394 g/mol. The Kier molecular flexibility index (Phi) is 5.14. The molecule has 0 unspecified atom stereocenters. The van der Waals surface area contributed by atoms with Crippen LogP contribution in [0.5, 0.6) is 0 Å². The minimum absolute atomic E-state index is 0.294. The summed E-state index contributed by atoms with van der Waals surface area (Å²) >= 11 is 6.44. The fourth-order valence-electron chi connectivity index (χ4n) is 3.40. The predicted molar refractivity (Wildman–Crippen MR) is 112 cm³/mol. The van der Waals surface area contributed by atoms with Gasteiger partial charge >= 0.3 is 6.09 Å². The zero-order valence-electron chi connectivity index (χ0n) is 16.3. The van der Waals surface area contributed by atoms with Crippen molar-refractivity contribution in [2.45, 2.75) is 6.92 Å². The standard InChI is InChI=1S/C19H22ClN7O2/c1-3-29-19(28)27-10-8-26(9-11-27)18-22-15(12-6-4-5-7-13(12)20)14-16(21)25(2)24-17(14)23-18/h4-7H,3,8-11,21H2,1-2H3. The molecule has 3 heterocycles. The number of halogens is 1. The second-order valence-corrected chi connectivity index (χ2v) is 7.14. The summed E-state index contributed by atoms with van der Waals surface area (Å²) in [5.41, 5.74) is 8.17. The van der Waals surface area contributed by atoms with Crippen LogP contribution in [-0.2, 0) is 11.8 Å². The first-order valence-corrected chi connectivity index (χ1v) is 9.79. The smallest absolute Gasteiger partial charge is 0.409 e. The molecule has 3 aromatic rings. The van der Waals surface area contributed by atoms with Gasteiger partial charge < -0.3 is 20.3 Å². The van der Waals surface area contributed by atoms with E-state index in [-0.39, 0.29) is 6.09 Å². The molecule has 1 aliphatic rings. The Hall–Kier alpha value is -3.07. The number of anilines is 2. The number of benzene rings is 1. The Morgan fingerprint density at radius 1 is 1.21 bits per heavy atom. The van der Waals surface area contributed by atoms with Crippen LogP contribution in [0.2, 0.25) is 5.02 Å². The highest BCUT2D eigenvalue weighted by atomic mass is 35.5. The van der Waals surface area contributed by atoms with E-state index in [0.29, 0.717) is 66.3 Å². The Morgan fingerprint density at radius 2 is 1.93 bits per heavy atom. The highest BCUT2D eigenvalue weighted by molar-refractivity contribution is 6.33. The van der Waals surface area contributed by atoms with Gasteiger partial charge in [-0.3, -0.25) is 4.68 Å². The van der Waals surface area contributed by atoms with Crippen LogP contribution in [0, 0.1) is 0 Å². The van der Waals surface area contributed by atoms with Gasteiger partial charge in [-0.2, -0.15) is 10.1 Å². The third kappa shape index (κ3) is 3.53. The maximum absolute atomic E-state index is 11.9. The SMILES string of the molecule is CCOC(=O)N1CCN(c2nc(-c3ccccc3Cl)c3c(N)n(C)nc3n2)CC1. The van der Waals surface area contributed by atoms with Crippen molar-refractivity contribution in [1.29, 1.82) is 0 Å². The van der Waals surface area contributed by atoms with Gasteiger partial charge in [-0.05, 0) is 13.0 Å². The molecule has 0 atom stereocenters. The van der Waals surface area contributed by atoms with E-state index >= 15 is 0 Å². The minimum atomic E-state index is -0.294. The maximum Gasteiger partial charge on any atom is 0.409 e. The summed E-state index contributed by atoms with van der Waals surface area (Å²) < 4.78 is 6.67. The lowest BCUT2D eigenvalue weighted by Crippen LogP contribution is -2.49. The number of amides is 1. The normalized spacial score (nSPS) is 14.4. The monoisotopic (exact) mass is 415 g/mol. The fraction of sp³-hybridized carbons (Fsp3) is 0.368. The molecule has 9 nitrogen and oxygen atoms in total. The molecule has 1 saturated heterocycles. The fourth-order valence-corrected chi connectivity index (χ4v) is 3.62. The van der Waals surface area contributed by atoms with Crippen molar-refractivity contribution in [2.24, 2.45) is 7.05 Å². The summed E-state index contributed by atoms with van der Waals surface area (Å²) in [4.78, 5) is 25.1. The second-order valence-electron chi connectivity index (χ2n) is 6.73. The molecule has 4 rings (SSSR count). The molecule has 0 spiro atoms. The number of ether oxygens (including phenoxy) is 1. The zero-order chi connectivity index (χ0) is 20.5. The second kappa shape index (κ2) is 7.75. The van der Waals surface area contributed by atoms with Gasteiger partial charge in [-0.25, -0.2) is 9.78 Å². The Balaban J connectivity index is 1.72. The number of hydrogen-bond donors (Lipinski definition) is 1. The summed E-state index contributed by atoms with van der Waals surface area (Å²) in [5, 5.41) is 5.69. The molecule has 2 N–H and O–H groups in total. The number of nitrogens with two attached hydrogens (primary N) is 1. The number of nitrogens with zero attached hydrogens (tertiary/aromatic N) is 6. The van der Waals surface area contributed by atoms with E-state index < -0.39 is 0 Å². The minimum Gasteiger partial charge on any atom is -0.450 e. The van der Waals surface area contributed by atoms with Gasteiger partial charge in [0.2, 0.25) is 5.95 Å². The molecule has 0 aliphatic carbocycles. The molecule has 29 heavy (non-hydrogen) atoms. The third-order valence-electron chi connectivity index (χ3n) is 4.95. The maximum atomic E-state index is 11.9. The Labute approximate surface area is 173 Å².